The Morgan fingerprint density at radius 3 is 2.52 bits per heavy atom. The lowest BCUT2D eigenvalue weighted by Crippen LogP contribution is -2.26. The molecule has 0 saturated carbocycles. The van der Waals surface area contributed by atoms with Crippen LogP contribution in [-0.4, -0.2) is 27.2 Å². The number of nitrogens with zero attached hydrogens (tertiary/aromatic N) is 2. The number of fused-ring (bicyclic) bond motifs is 1. The summed E-state index contributed by atoms with van der Waals surface area (Å²) in [6.07, 6.45) is 0. The third-order valence-electron chi connectivity index (χ3n) is 4.66. The van der Waals surface area contributed by atoms with Gasteiger partial charge in [0.05, 0.1) is 28.8 Å². The number of carbonyl (C=O) groups is 1. The highest BCUT2D eigenvalue weighted by atomic mass is 16.5. The standard InChI is InChI=1S/C21H22N2O4/c1-5-27-21(26)18-13(3)10-15-19(14(18)4)20(25)23(17(11-24)22-15)16-9-7-6-8-12(16)2/h6-10,24H,5,11H2,1-4H3. The van der Waals surface area contributed by atoms with Crippen LogP contribution in [0.15, 0.2) is 35.1 Å². The number of benzene rings is 2. The minimum absolute atomic E-state index is 0.254. The molecule has 0 spiro atoms. The maximum absolute atomic E-state index is 13.4. The minimum Gasteiger partial charge on any atom is -0.462 e. The van der Waals surface area contributed by atoms with Crippen molar-refractivity contribution in [3.05, 3.63) is 68.8 Å². The van der Waals surface area contributed by atoms with Crippen LogP contribution in [0.25, 0.3) is 16.6 Å². The fourth-order valence-corrected chi connectivity index (χ4v) is 3.42. The van der Waals surface area contributed by atoms with E-state index in [1.165, 1.54) is 4.57 Å². The van der Waals surface area contributed by atoms with Gasteiger partial charge in [0.15, 0.2) is 0 Å². The van der Waals surface area contributed by atoms with E-state index in [9.17, 15) is 14.7 Å². The molecular formula is C21H22N2O4. The molecule has 0 atom stereocenters. The number of aliphatic hydroxyl groups excluding tert-OH is 1. The van der Waals surface area contributed by atoms with E-state index in [0.717, 1.165) is 5.56 Å². The molecule has 0 saturated heterocycles. The Morgan fingerprint density at radius 1 is 1.19 bits per heavy atom. The van der Waals surface area contributed by atoms with Crippen LogP contribution in [0.2, 0.25) is 0 Å². The number of hydrogen-bond acceptors (Lipinski definition) is 5. The molecule has 0 fully saturated rings. The normalized spacial score (nSPS) is 11.0. The molecule has 1 N–H and O–H groups in total. The minimum atomic E-state index is -0.456. The topological polar surface area (TPSA) is 81.4 Å². The Hall–Kier alpha value is -2.99. The van der Waals surface area contributed by atoms with Gasteiger partial charge in [-0.15, -0.1) is 0 Å². The lowest BCUT2D eigenvalue weighted by Gasteiger charge is -2.17. The third-order valence-corrected chi connectivity index (χ3v) is 4.66. The molecule has 2 aromatic carbocycles. The molecule has 0 bridgehead atoms. The summed E-state index contributed by atoms with van der Waals surface area (Å²) < 4.78 is 6.56. The number of esters is 1. The molecule has 3 aromatic rings. The van der Waals surface area contributed by atoms with Crippen LogP contribution in [0.5, 0.6) is 0 Å². The van der Waals surface area contributed by atoms with E-state index in [0.29, 0.717) is 33.3 Å². The van der Waals surface area contributed by atoms with Crippen molar-refractivity contribution in [3.8, 4) is 5.69 Å². The van der Waals surface area contributed by atoms with Gasteiger partial charge in [-0.3, -0.25) is 9.36 Å². The molecule has 0 amide bonds. The summed E-state index contributed by atoms with van der Waals surface area (Å²) in [5.41, 5.74) is 3.27. The predicted molar refractivity (Wildman–Crippen MR) is 103 cm³/mol. The summed E-state index contributed by atoms with van der Waals surface area (Å²) in [7, 11) is 0. The highest BCUT2D eigenvalue weighted by molar-refractivity contribution is 5.99. The second kappa shape index (κ2) is 7.32. The number of hydrogen-bond donors (Lipinski definition) is 1. The molecule has 0 radical (unpaired) electrons. The molecule has 0 aliphatic carbocycles. The Balaban J connectivity index is 2.43. The van der Waals surface area contributed by atoms with E-state index in [1.807, 2.05) is 25.1 Å². The molecule has 0 unspecified atom stereocenters. The first-order valence-electron chi connectivity index (χ1n) is 8.80. The number of carbonyl (C=O) groups excluding carboxylic acids is 1. The fourth-order valence-electron chi connectivity index (χ4n) is 3.42. The lowest BCUT2D eigenvalue weighted by molar-refractivity contribution is 0.0525. The zero-order chi connectivity index (χ0) is 19.7. The number of ether oxygens (including phenoxy) is 1. The molecule has 140 valence electrons. The highest BCUT2D eigenvalue weighted by Gasteiger charge is 2.21. The SMILES string of the molecule is CCOC(=O)c1c(C)cc2nc(CO)n(-c3ccccc3C)c(=O)c2c1C. The van der Waals surface area contributed by atoms with Crippen LogP contribution in [0.3, 0.4) is 0 Å². The Morgan fingerprint density at radius 2 is 1.89 bits per heavy atom. The molecule has 0 aliphatic rings. The molecule has 1 heterocycles. The summed E-state index contributed by atoms with van der Waals surface area (Å²) in [5, 5.41) is 10.2. The fraction of sp³-hybridized carbons (Fsp3) is 0.286. The Kier molecular flexibility index (Phi) is 5.10. The number of aromatic nitrogens is 2. The third kappa shape index (κ3) is 3.13. The van der Waals surface area contributed by atoms with Crippen LogP contribution >= 0.6 is 0 Å². The van der Waals surface area contributed by atoms with Crippen molar-refractivity contribution in [3.63, 3.8) is 0 Å². The van der Waals surface area contributed by atoms with E-state index in [2.05, 4.69) is 4.98 Å². The van der Waals surface area contributed by atoms with Gasteiger partial charge in [0.2, 0.25) is 0 Å². The first-order chi connectivity index (χ1) is 12.9. The monoisotopic (exact) mass is 366 g/mol. The van der Waals surface area contributed by atoms with E-state index >= 15 is 0 Å². The maximum Gasteiger partial charge on any atom is 0.338 e. The van der Waals surface area contributed by atoms with Crippen molar-refractivity contribution in [2.75, 3.05) is 6.61 Å². The number of aliphatic hydroxyl groups is 1. The molecule has 1 aromatic heterocycles. The van der Waals surface area contributed by atoms with Gasteiger partial charge in [-0.05, 0) is 56.5 Å². The average molecular weight is 366 g/mol. The summed E-state index contributed by atoms with van der Waals surface area (Å²) in [4.78, 5) is 30.3. The number of aryl methyl sites for hydroxylation is 3. The summed E-state index contributed by atoms with van der Waals surface area (Å²) in [5.74, 6) is -0.202. The van der Waals surface area contributed by atoms with Gasteiger partial charge in [0.25, 0.3) is 5.56 Å². The second-order valence-corrected chi connectivity index (χ2v) is 6.42. The van der Waals surface area contributed by atoms with Gasteiger partial charge in [-0.2, -0.15) is 0 Å². The van der Waals surface area contributed by atoms with Crippen LogP contribution < -0.4 is 5.56 Å². The van der Waals surface area contributed by atoms with E-state index in [4.69, 9.17) is 4.74 Å². The van der Waals surface area contributed by atoms with Gasteiger partial charge in [-0.25, -0.2) is 9.78 Å². The lowest BCUT2D eigenvalue weighted by atomic mass is 9.98. The molecule has 3 rings (SSSR count). The van der Waals surface area contributed by atoms with Gasteiger partial charge in [0.1, 0.15) is 12.4 Å². The van der Waals surface area contributed by atoms with Crippen molar-refractivity contribution in [1.29, 1.82) is 0 Å². The summed E-state index contributed by atoms with van der Waals surface area (Å²) in [6.45, 7) is 7.02. The molecule has 27 heavy (non-hydrogen) atoms. The van der Waals surface area contributed by atoms with Crippen LogP contribution in [-0.2, 0) is 11.3 Å². The van der Waals surface area contributed by atoms with Crippen molar-refractivity contribution in [2.45, 2.75) is 34.3 Å². The highest BCUT2D eigenvalue weighted by Crippen LogP contribution is 2.24. The number of para-hydroxylation sites is 1. The molecule has 6 nitrogen and oxygen atoms in total. The smallest absolute Gasteiger partial charge is 0.338 e. The van der Waals surface area contributed by atoms with Crippen LogP contribution in [0.4, 0.5) is 0 Å². The Labute approximate surface area is 157 Å². The van der Waals surface area contributed by atoms with Crippen molar-refractivity contribution < 1.29 is 14.6 Å². The van der Waals surface area contributed by atoms with Gasteiger partial charge < -0.3 is 9.84 Å². The van der Waals surface area contributed by atoms with E-state index in [1.54, 1.807) is 32.9 Å². The second-order valence-electron chi connectivity index (χ2n) is 6.42. The van der Waals surface area contributed by atoms with Crippen molar-refractivity contribution >= 4 is 16.9 Å². The molecule has 0 aliphatic heterocycles. The quantitative estimate of drug-likeness (QED) is 0.718. The first-order valence-corrected chi connectivity index (χ1v) is 8.80. The maximum atomic E-state index is 13.4. The van der Waals surface area contributed by atoms with Gasteiger partial charge in [-0.1, -0.05) is 18.2 Å². The van der Waals surface area contributed by atoms with Crippen LogP contribution in [0.1, 0.15) is 39.8 Å². The summed E-state index contributed by atoms with van der Waals surface area (Å²) >= 11 is 0. The zero-order valence-electron chi connectivity index (χ0n) is 15.9. The average Bonchev–Trinajstić information content (AvgIpc) is 2.62. The number of rotatable bonds is 4. The zero-order valence-corrected chi connectivity index (χ0v) is 15.9. The largest absolute Gasteiger partial charge is 0.462 e. The Bertz CT molecular complexity index is 1100. The predicted octanol–water partition coefficient (Wildman–Crippen LogP) is 2.98. The van der Waals surface area contributed by atoms with E-state index in [-0.39, 0.29) is 24.6 Å². The van der Waals surface area contributed by atoms with Crippen molar-refractivity contribution in [1.82, 2.24) is 9.55 Å². The van der Waals surface area contributed by atoms with Gasteiger partial charge >= 0.3 is 5.97 Å². The molecular weight excluding hydrogens is 344 g/mol. The van der Waals surface area contributed by atoms with Crippen LogP contribution in [0, 0.1) is 20.8 Å². The van der Waals surface area contributed by atoms with Crippen molar-refractivity contribution in [2.24, 2.45) is 0 Å². The van der Waals surface area contributed by atoms with Gasteiger partial charge in [0, 0.05) is 0 Å². The molecule has 6 heteroatoms. The first kappa shape index (κ1) is 18.8. The summed E-state index contributed by atoms with van der Waals surface area (Å²) in [6, 6.07) is 9.09. The van der Waals surface area contributed by atoms with E-state index < -0.39 is 5.97 Å².